The van der Waals surface area contributed by atoms with E-state index >= 15 is 0 Å². The van der Waals surface area contributed by atoms with Crippen LogP contribution in [0.5, 0.6) is 0 Å². The summed E-state index contributed by atoms with van der Waals surface area (Å²) in [7, 11) is 0. The summed E-state index contributed by atoms with van der Waals surface area (Å²) < 4.78 is 0. The van der Waals surface area contributed by atoms with Crippen molar-refractivity contribution in [2.75, 3.05) is 39.4 Å². The Hall–Kier alpha value is -0.120. The molecule has 0 aromatic carbocycles. The van der Waals surface area contributed by atoms with Crippen molar-refractivity contribution in [2.45, 2.75) is 46.2 Å². The van der Waals surface area contributed by atoms with Crippen LogP contribution in [0.25, 0.3) is 0 Å². The third kappa shape index (κ3) is 3.43. The lowest BCUT2D eigenvalue weighted by molar-refractivity contribution is 0.189. The second-order valence-electron chi connectivity index (χ2n) is 6.37. The molecule has 0 amide bonds. The van der Waals surface area contributed by atoms with E-state index in [1.165, 1.54) is 45.8 Å². The van der Waals surface area contributed by atoms with Gasteiger partial charge in [-0.25, -0.2) is 0 Å². The van der Waals surface area contributed by atoms with Crippen LogP contribution in [0, 0.1) is 5.92 Å². The van der Waals surface area contributed by atoms with E-state index < -0.39 is 0 Å². The van der Waals surface area contributed by atoms with Crippen molar-refractivity contribution in [1.29, 1.82) is 0 Å². The van der Waals surface area contributed by atoms with Crippen molar-refractivity contribution < 1.29 is 0 Å². The monoisotopic (exact) mass is 239 g/mol. The predicted molar refractivity (Wildman–Crippen MR) is 73.1 cm³/mol. The quantitative estimate of drug-likeness (QED) is 0.739. The fourth-order valence-corrected chi connectivity index (χ4v) is 3.08. The van der Waals surface area contributed by atoms with Gasteiger partial charge in [0.1, 0.15) is 0 Å². The number of hydrogen-bond donors (Lipinski definition) is 0. The summed E-state index contributed by atoms with van der Waals surface area (Å²) in [4.78, 5) is 7.85. The van der Waals surface area contributed by atoms with Gasteiger partial charge in [0.05, 0.1) is 6.67 Å². The Bertz CT molecular complexity index is 216. The van der Waals surface area contributed by atoms with E-state index in [4.69, 9.17) is 0 Å². The lowest BCUT2D eigenvalue weighted by Crippen LogP contribution is -2.34. The molecule has 2 rings (SSSR count). The molecule has 100 valence electrons. The molecular weight excluding hydrogens is 210 g/mol. The van der Waals surface area contributed by atoms with E-state index in [1.807, 2.05) is 0 Å². The molecule has 0 bridgehead atoms. The minimum absolute atomic E-state index is 0.704. The molecule has 0 N–H and O–H groups in total. The average Bonchev–Trinajstić information content (AvgIpc) is 2.87. The topological polar surface area (TPSA) is 9.72 Å². The summed E-state index contributed by atoms with van der Waals surface area (Å²) in [6.45, 7) is 16.9. The zero-order valence-corrected chi connectivity index (χ0v) is 12.0. The zero-order valence-electron chi connectivity index (χ0n) is 12.0. The van der Waals surface area contributed by atoms with E-state index in [-0.39, 0.29) is 0 Å². The van der Waals surface area contributed by atoms with Crippen molar-refractivity contribution >= 4 is 0 Å². The molecule has 2 heterocycles. The van der Waals surface area contributed by atoms with Crippen LogP contribution in [0.3, 0.4) is 0 Å². The largest absolute Gasteiger partial charge is 0.301 e. The van der Waals surface area contributed by atoms with E-state index in [9.17, 15) is 0 Å². The Balaban J connectivity index is 1.73. The maximum absolute atomic E-state index is 2.65. The molecule has 2 aliphatic rings. The smallest absolute Gasteiger partial charge is 0.0509 e. The van der Waals surface area contributed by atoms with E-state index in [1.54, 1.807) is 0 Å². The molecule has 3 heteroatoms. The standard InChI is InChI=1S/C14H29N3/c1-12(2)16-6-5-14(10-16)9-15-7-8-17(11-15)13(3)4/h12-14H,5-11H2,1-4H3. The Kier molecular flexibility index (Phi) is 4.45. The van der Waals surface area contributed by atoms with Crippen molar-refractivity contribution in [1.82, 2.24) is 14.7 Å². The summed E-state index contributed by atoms with van der Waals surface area (Å²) in [6, 6.07) is 1.43. The third-order valence-corrected chi connectivity index (χ3v) is 4.38. The van der Waals surface area contributed by atoms with Crippen LogP contribution in [-0.2, 0) is 0 Å². The van der Waals surface area contributed by atoms with Gasteiger partial charge < -0.3 is 4.90 Å². The van der Waals surface area contributed by atoms with Crippen LogP contribution >= 0.6 is 0 Å². The number of nitrogens with zero attached hydrogens (tertiary/aromatic N) is 3. The molecule has 0 saturated carbocycles. The molecule has 2 saturated heterocycles. The molecule has 0 aromatic heterocycles. The first kappa shape index (κ1) is 13.3. The minimum atomic E-state index is 0.704. The average molecular weight is 239 g/mol. The van der Waals surface area contributed by atoms with E-state index in [0.717, 1.165) is 12.0 Å². The van der Waals surface area contributed by atoms with E-state index in [0.29, 0.717) is 6.04 Å². The Morgan fingerprint density at radius 1 is 0.941 bits per heavy atom. The SMILES string of the molecule is CC(C)N1CCC(CN2CCN(C(C)C)C2)C1. The molecule has 3 nitrogen and oxygen atoms in total. The van der Waals surface area contributed by atoms with E-state index in [2.05, 4.69) is 42.4 Å². The highest BCUT2D eigenvalue weighted by Gasteiger charge is 2.28. The van der Waals surface area contributed by atoms with Crippen LogP contribution < -0.4 is 0 Å². The maximum atomic E-state index is 2.65. The van der Waals surface area contributed by atoms with Gasteiger partial charge in [0.25, 0.3) is 0 Å². The van der Waals surface area contributed by atoms with Gasteiger partial charge in [-0.05, 0) is 46.6 Å². The first-order valence-corrected chi connectivity index (χ1v) is 7.26. The second-order valence-corrected chi connectivity index (χ2v) is 6.37. The predicted octanol–water partition coefficient (Wildman–Crippen LogP) is 1.70. The Morgan fingerprint density at radius 2 is 1.65 bits per heavy atom. The molecule has 0 aromatic rings. The maximum Gasteiger partial charge on any atom is 0.0509 e. The molecule has 0 aliphatic carbocycles. The lowest BCUT2D eigenvalue weighted by atomic mass is 10.1. The summed E-state index contributed by atoms with van der Waals surface area (Å²) in [5.74, 6) is 0.907. The highest BCUT2D eigenvalue weighted by Crippen LogP contribution is 2.21. The van der Waals surface area contributed by atoms with Gasteiger partial charge >= 0.3 is 0 Å². The first-order valence-electron chi connectivity index (χ1n) is 7.26. The number of rotatable bonds is 4. The van der Waals surface area contributed by atoms with Crippen LogP contribution in [-0.4, -0.2) is 66.2 Å². The molecule has 17 heavy (non-hydrogen) atoms. The molecule has 1 unspecified atom stereocenters. The zero-order chi connectivity index (χ0) is 12.4. The molecule has 0 radical (unpaired) electrons. The van der Waals surface area contributed by atoms with Gasteiger partial charge in [-0.15, -0.1) is 0 Å². The fourth-order valence-electron chi connectivity index (χ4n) is 3.08. The number of hydrogen-bond acceptors (Lipinski definition) is 3. The summed E-state index contributed by atoms with van der Waals surface area (Å²) >= 11 is 0. The van der Waals surface area contributed by atoms with Crippen LogP contribution in [0.1, 0.15) is 34.1 Å². The summed E-state index contributed by atoms with van der Waals surface area (Å²) in [6.07, 6.45) is 1.40. The molecule has 1 atom stereocenters. The second kappa shape index (κ2) is 5.68. The fraction of sp³-hybridized carbons (Fsp3) is 1.00. The normalized spacial score (nSPS) is 28.9. The van der Waals surface area contributed by atoms with Crippen molar-refractivity contribution in [3.05, 3.63) is 0 Å². The highest BCUT2D eigenvalue weighted by atomic mass is 15.4. The van der Waals surface area contributed by atoms with Crippen molar-refractivity contribution in [3.8, 4) is 0 Å². The number of likely N-dealkylation sites (tertiary alicyclic amines) is 1. The minimum Gasteiger partial charge on any atom is -0.301 e. The highest BCUT2D eigenvalue weighted by molar-refractivity contribution is 4.82. The first-order chi connectivity index (χ1) is 8.06. The van der Waals surface area contributed by atoms with Crippen LogP contribution in [0.2, 0.25) is 0 Å². The molecular formula is C14H29N3. The van der Waals surface area contributed by atoms with Gasteiger partial charge in [0.15, 0.2) is 0 Å². The lowest BCUT2D eigenvalue weighted by Gasteiger charge is -2.24. The van der Waals surface area contributed by atoms with Gasteiger partial charge in [-0.2, -0.15) is 0 Å². The van der Waals surface area contributed by atoms with Gasteiger partial charge in [0, 0.05) is 38.3 Å². The Labute approximate surface area is 107 Å². The van der Waals surface area contributed by atoms with Crippen molar-refractivity contribution in [2.24, 2.45) is 5.92 Å². The molecule has 0 spiro atoms. The molecule has 2 fully saturated rings. The Morgan fingerprint density at radius 3 is 2.18 bits per heavy atom. The van der Waals surface area contributed by atoms with Crippen LogP contribution in [0.4, 0.5) is 0 Å². The third-order valence-electron chi connectivity index (χ3n) is 4.38. The van der Waals surface area contributed by atoms with Crippen LogP contribution in [0.15, 0.2) is 0 Å². The van der Waals surface area contributed by atoms with Gasteiger partial charge in [0.2, 0.25) is 0 Å². The van der Waals surface area contributed by atoms with Gasteiger partial charge in [-0.1, -0.05) is 0 Å². The summed E-state index contributed by atoms with van der Waals surface area (Å²) in [5, 5.41) is 0. The summed E-state index contributed by atoms with van der Waals surface area (Å²) in [5.41, 5.74) is 0. The molecule has 2 aliphatic heterocycles. The van der Waals surface area contributed by atoms with Gasteiger partial charge in [-0.3, -0.25) is 9.80 Å². The van der Waals surface area contributed by atoms with Crippen molar-refractivity contribution in [3.63, 3.8) is 0 Å².